The molecule has 0 aliphatic carbocycles. The number of rotatable bonds is 2. The lowest BCUT2D eigenvalue weighted by atomic mass is 10.1. The lowest BCUT2D eigenvalue weighted by Crippen LogP contribution is -2.43. The molecule has 1 aromatic carbocycles. The van der Waals surface area contributed by atoms with E-state index in [1.807, 2.05) is 12.1 Å². The minimum absolute atomic E-state index is 0.160. The van der Waals surface area contributed by atoms with Crippen LogP contribution >= 0.6 is 0 Å². The van der Waals surface area contributed by atoms with Crippen molar-refractivity contribution in [1.29, 1.82) is 0 Å². The Morgan fingerprint density at radius 3 is 2.57 bits per heavy atom. The number of carboxylic acid groups (broad SMARTS) is 1. The molecule has 0 aromatic heterocycles. The molecule has 6 heteroatoms. The summed E-state index contributed by atoms with van der Waals surface area (Å²) in [5.41, 5.74) is 2.26. The molecule has 0 saturated carbocycles. The molecular formula is C15H21N3O3. The molecule has 1 unspecified atom stereocenters. The maximum absolute atomic E-state index is 11.0. The number of nitrogens with one attached hydrogen (secondary N) is 1. The van der Waals surface area contributed by atoms with Crippen molar-refractivity contribution in [3.05, 3.63) is 29.8 Å². The number of carbonyl (C=O) groups is 1. The molecule has 2 N–H and O–H groups in total. The molecule has 1 aromatic rings. The molecule has 3 rings (SSSR count). The number of benzene rings is 1. The molecular weight excluding hydrogens is 270 g/mol. The van der Waals surface area contributed by atoms with Crippen LogP contribution in [0.15, 0.2) is 24.3 Å². The Morgan fingerprint density at radius 1 is 1.19 bits per heavy atom. The van der Waals surface area contributed by atoms with Crippen molar-refractivity contribution >= 4 is 11.8 Å². The van der Waals surface area contributed by atoms with Gasteiger partial charge in [0.05, 0.1) is 13.2 Å². The number of nitrogens with zero attached hydrogens (tertiary/aromatic N) is 2. The number of ether oxygens (including phenoxy) is 1. The van der Waals surface area contributed by atoms with Crippen molar-refractivity contribution in [2.75, 3.05) is 50.8 Å². The second-order valence-electron chi connectivity index (χ2n) is 5.42. The first-order valence-corrected chi connectivity index (χ1v) is 7.39. The van der Waals surface area contributed by atoms with Crippen LogP contribution in [0.5, 0.6) is 0 Å². The predicted octanol–water partition coefficient (Wildman–Crippen LogP) is 1.15. The lowest BCUT2D eigenvalue weighted by Gasteiger charge is -2.32. The van der Waals surface area contributed by atoms with E-state index >= 15 is 0 Å². The van der Waals surface area contributed by atoms with Crippen molar-refractivity contribution in [2.45, 2.75) is 6.10 Å². The monoisotopic (exact) mass is 291 g/mol. The number of hydrogen-bond donors (Lipinski definition) is 2. The van der Waals surface area contributed by atoms with Gasteiger partial charge in [-0.1, -0.05) is 12.1 Å². The van der Waals surface area contributed by atoms with Gasteiger partial charge in [-0.2, -0.15) is 0 Å². The third kappa shape index (κ3) is 3.28. The first kappa shape index (κ1) is 14.2. The van der Waals surface area contributed by atoms with Gasteiger partial charge in [0.15, 0.2) is 0 Å². The highest BCUT2D eigenvalue weighted by Crippen LogP contribution is 2.25. The summed E-state index contributed by atoms with van der Waals surface area (Å²) in [6.07, 6.45) is -1.03. The van der Waals surface area contributed by atoms with Gasteiger partial charge in [-0.15, -0.1) is 0 Å². The number of piperazine rings is 1. The van der Waals surface area contributed by atoms with Crippen LogP contribution < -0.4 is 10.2 Å². The van der Waals surface area contributed by atoms with Crippen LogP contribution in [-0.4, -0.2) is 62.0 Å². The van der Waals surface area contributed by atoms with Gasteiger partial charge in [0.2, 0.25) is 0 Å². The normalized spacial score (nSPS) is 23.1. The van der Waals surface area contributed by atoms with Gasteiger partial charge in [-0.3, -0.25) is 0 Å². The van der Waals surface area contributed by atoms with Crippen LogP contribution in [0.4, 0.5) is 10.5 Å². The first-order valence-electron chi connectivity index (χ1n) is 7.39. The zero-order chi connectivity index (χ0) is 14.7. The molecule has 0 spiro atoms. The van der Waals surface area contributed by atoms with Crippen LogP contribution in [0.1, 0.15) is 11.7 Å². The van der Waals surface area contributed by atoms with Gasteiger partial charge in [-0.25, -0.2) is 4.79 Å². The highest BCUT2D eigenvalue weighted by molar-refractivity contribution is 5.65. The van der Waals surface area contributed by atoms with Gasteiger partial charge in [0.1, 0.15) is 6.10 Å². The zero-order valence-corrected chi connectivity index (χ0v) is 12.0. The van der Waals surface area contributed by atoms with Gasteiger partial charge in [0, 0.05) is 38.4 Å². The predicted molar refractivity (Wildman–Crippen MR) is 79.8 cm³/mol. The molecule has 1 atom stereocenters. The Balaban J connectivity index is 1.67. The van der Waals surface area contributed by atoms with Crippen molar-refractivity contribution in [3.8, 4) is 0 Å². The van der Waals surface area contributed by atoms with Crippen LogP contribution in [0.3, 0.4) is 0 Å². The average Bonchev–Trinajstić information content (AvgIpc) is 2.56. The Bertz CT molecular complexity index is 485. The average molecular weight is 291 g/mol. The highest BCUT2D eigenvalue weighted by atomic mass is 16.5. The number of amides is 1. The third-order valence-corrected chi connectivity index (χ3v) is 4.08. The molecule has 2 aliphatic rings. The van der Waals surface area contributed by atoms with E-state index in [1.165, 1.54) is 10.6 Å². The second-order valence-corrected chi connectivity index (χ2v) is 5.42. The Kier molecular flexibility index (Phi) is 4.26. The Labute approximate surface area is 124 Å². The zero-order valence-electron chi connectivity index (χ0n) is 12.0. The van der Waals surface area contributed by atoms with Crippen LogP contribution in [-0.2, 0) is 4.74 Å². The summed E-state index contributed by atoms with van der Waals surface area (Å²) in [4.78, 5) is 14.8. The summed E-state index contributed by atoms with van der Waals surface area (Å²) in [6, 6.07) is 8.30. The van der Waals surface area contributed by atoms with Crippen molar-refractivity contribution < 1.29 is 14.6 Å². The molecule has 2 aliphatic heterocycles. The molecule has 2 fully saturated rings. The van der Waals surface area contributed by atoms with Gasteiger partial charge in [-0.05, 0) is 17.7 Å². The smallest absolute Gasteiger partial charge is 0.407 e. The van der Waals surface area contributed by atoms with E-state index in [9.17, 15) is 4.79 Å². The molecule has 114 valence electrons. The summed E-state index contributed by atoms with van der Waals surface area (Å²) in [5.74, 6) is 0. The standard InChI is InChI=1S/C15H21N3O3/c19-15(20)18-9-10-21-14(11-18)12-1-3-13(4-2-12)17-7-5-16-6-8-17/h1-4,14,16H,5-11H2,(H,19,20). The maximum Gasteiger partial charge on any atom is 0.407 e. The highest BCUT2D eigenvalue weighted by Gasteiger charge is 2.25. The summed E-state index contributed by atoms with van der Waals surface area (Å²) >= 11 is 0. The number of hydrogen-bond acceptors (Lipinski definition) is 4. The molecule has 0 radical (unpaired) electrons. The van der Waals surface area contributed by atoms with Crippen molar-refractivity contribution in [3.63, 3.8) is 0 Å². The summed E-state index contributed by atoms with van der Waals surface area (Å²) in [5, 5.41) is 12.4. The minimum atomic E-state index is -0.874. The SMILES string of the molecule is O=C(O)N1CCOC(c2ccc(N3CCNCC3)cc2)C1. The summed E-state index contributed by atoms with van der Waals surface area (Å²) < 4.78 is 5.70. The fourth-order valence-electron chi connectivity index (χ4n) is 2.85. The first-order chi connectivity index (χ1) is 10.2. The van der Waals surface area contributed by atoms with E-state index < -0.39 is 6.09 Å². The van der Waals surface area contributed by atoms with Crippen LogP contribution in [0, 0.1) is 0 Å². The molecule has 6 nitrogen and oxygen atoms in total. The minimum Gasteiger partial charge on any atom is -0.465 e. The van der Waals surface area contributed by atoms with E-state index in [2.05, 4.69) is 22.3 Å². The van der Waals surface area contributed by atoms with Gasteiger partial charge >= 0.3 is 6.09 Å². The summed E-state index contributed by atoms with van der Waals surface area (Å²) in [6.45, 7) is 5.38. The molecule has 2 saturated heterocycles. The van der Waals surface area contributed by atoms with E-state index in [4.69, 9.17) is 9.84 Å². The summed E-state index contributed by atoms with van der Waals surface area (Å²) in [7, 11) is 0. The van der Waals surface area contributed by atoms with Crippen molar-refractivity contribution in [2.24, 2.45) is 0 Å². The second kappa shape index (κ2) is 6.32. The topological polar surface area (TPSA) is 65.0 Å². The van der Waals surface area contributed by atoms with Gasteiger partial charge < -0.3 is 25.0 Å². The largest absolute Gasteiger partial charge is 0.465 e. The fraction of sp³-hybridized carbons (Fsp3) is 0.533. The van der Waals surface area contributed by atoms with Crippen LogP contribution in [0.2, 0.25) is 0 Å². The van der Waals surface area contributed by atoms with E-state index in [1.54, 1.807) is 0 Å². The van der Waals surface area contributed by atoms with E-state index in [-0.39, 0.29) is 6.10 Å². The van der Waals surface area contributed by atoms with Crippen LogP contribution in [0.25, 0.3) is 0 Å². The quantitative estimate of drug-likeness (QED) is 0.855. The molecule has 1 amide bonds. The third-order valence-electron chi connectivity index (χ3n) is 4.08. The lowest BCUT2D eigenvalue weighted by molar-refractivity contribution is -0.0231. The number of anilines is 1. The molecule has 21 heavy (non-hydrogen) atoms. The van der Waals surface area contributed by atoms with E-state index in [0.717, 1.165) is 31.7 Å². The Hall–Kier alpha value is -1.79. The maximum atomic E-state index is 11.0. The fourth-order valence-corrected chi connectivity index (χ4v) is 2.85. The van der Waals surface area contributed by atoms with Crippen molar-refractivity contribution in [1.82, 2.24) is 10.2 Å². The Morgan fingerprint density at radius 2 is 1.90 bits per heavy atom. The molecule has 2 heterocycles. The molecule has 0 bridgehead atoms. The number of morpholine rings is 1. The van der Waals surface area contributed by atoms with Gasteiger partial charge in [0.25, 0.3) is 0 Å². The van der Waals surface area contributed by atoms with E-state index in [0.29, 0.717) is 19.7 Å².